The van der Waals surface area contributed by atoms with Gasteiger partial charge in [0.05, 0.1) is 6.33 Å². The molecule has 25 heavy (non-hydrogen) atoms. The molecule has 128 valence electrons. The molecule has 0 aliphatic heterocycles. The van der Waals surface area contributed by atoms with Crippen LogP contribution in [-0.4, -0.2) is 16.7 Å². The molecule has 1 saturated carbocycles. The minimum atomic E-state index is 0.586. The molecule has 2 aromatic carbocycles. The number of hydrogen-bond donors (Lipinski definition) is 1. The largest absolute Gasteiger partial charge is 0.349 e. The summed E-state index contributed by atoms with van der Waals surface area (Å²) in [6.07, 6.45) is 10.4. The van der Waals surface area contributed by atoms with Crippen molar-refractivity contribution in [3.8, 4) is 0 Å². The molecule has 0 saturated heterocycles. The van der Waals surface area contributed by atoms with Gasteiger partial charge in [-0.05, 0) is 6.92 Å². The third-order valence-corrected chi connectivity index (χ3v) is 5.07. The van der Waals surface area contributed by atoms with Crippen LogP contribution < -0.4 is 10.9 Å². The molecule has 0 amide bonds. The standard InChI is InChI=1S/C18H21B.C4H6N2/c1-4-10-16(11-5-1)19(17-12-6-2-7-13-17)18-14-8-3-9-15-18;1-4-2-5-3-6-4/h1-2,4-7,10-13,18H,3,8-9,14-15H2;2-3H,1H3,(H,5,6). The minimum Gasteiger partial charge on any atom is -0.349 e. The molecule has 2 nitrogen and oxygen atoms in total. The summed E-state index contributed by atoms with van der Waals surface area (Å²) < 4.78 is 0. The zero-order valence-electron chi connectivity index (χ0n) is 15.1. The van der Waals surface area contributed by atoms with E-state index in [1.54, 1.807) is 12.5 Å². The maximum absolute atomic E-state index is 3.77. The first-order chi connectivity index (χ1) is 12.3. The first-order valence-corrected chi connectivity index (χ1v) is 9.39. The first-order valence-electron chi connectivity index (χ1n) is 9.39. The highest BCUT2D eigenvalue weighted by Gasteiger charge is 2.29. The highest BCUT2D eigenvalue weighted by Crippen LogP contribution is 2.31. The van der Waals surface area contributed by atoms with Crippen LogP contribution in [0.25, 0.3) is 0 Å². The summed E-state index contributed by atoms with van der Waals surface area (Å²) in [4.78, 5) is 6.66. The van der Waals surface area contributed by atoms with Crippen LogP contribution in [-0.2, 0) is 0 Å². The second-order valence-electron chi connectivity index (χ2n) is 6.93. The van der Waals surface area contributed by atoms with Crippen LogP contribution in [0.5, 0.6) is 0 Å². The maximum Gasteiger partial charge on any atom is 0.212 e. The highest BCUT2D eigenvalue weighted by molar-refractivity contribution is 6.86. The highest BCUT2D eigenvalue weighted by atomic mass is 14.8. The fourth-order valence-electron chi connectivity index (χ4n) is 3.85. The molecule has 1 heterocycles. The predicted octanol–water partition coefficient (Wildman–Crippen LogP) is 4.35. The van der Waals surface area contributed by atoms with Crippen molar-refractivity contribution in [1.82, 2.24) is 9.97 Å². The summed E-state index contributed by atoms with van der Waals surface area (Å²) in [6.45, 7) is 2.55. The van der Waals surface area contributed by atoms with E-state index in [1.165, 1.54) is 43.0 Å². The van der Waals surface area contributed by atoms with E-state index < -0.39 is 0 Å². The van der Waals surface area contributed by atoms with Gasteiger partial charge in [-0.15, -0.1) is 0 Å². The van der Waals surface area contributed by atoms with Crippen molar-refractivity contribution in [2.75, 3.05) is 0 Å². The lowest BCUT2D eigenvalue weighted by atomic mass is 9.32. The van der Waals surface area contributed by atoms with Crippen molar-refractivity contribution < 1.29 is 0 Å². The molecular weight excluding hydrogens is 303 g/mol. The zero-order valence-corrected chi connectivity index (χ0v) is 15.1. The third-order valence-electron chi connectivity index (χ3n) is 5.07. The molecule has 1 aliphatic rings. The lowest BCUT2D eigenvalue weighted by molar-refractivity contribution is 0.499. The van der Waals surface area contributed by atoms with Crippen LogP contribution in [0.4, 0.5) is 0 Å². The average Bonchev–Trinajstić information content (AvgIpc) is 3.16. The molecule has 3 heteroatoms. The second kappa shape index (κ2) is 9.26. The van der Waals surface area contributed by atoms with Crippen molar-refractivity contribution in [1.29, 1.82) is 0 Å². The molecule has 1 aromatic heterocycles. The van der Waals surface area contributed by atoms with Gasteiger partial charge >= 0.3 is 0 Å². The van der Waals surface area contributed by atoms with Crippen LogP contribution in [0.2, 0.25) is 5.82 Å². The summed E-state index contributed by atoms with van der Waals surface area (Å²) in [5.41, 5.74) is 4.08. The summed E-state index contributed by atoms with van der Waals surface area (Å²) in [7, 11) is 0. The Balaban J connectivity index is 0.000000258. The van der Waals surface area contributed by atoms with Gasteiger partial charge in [-0.3, -0.25) is 0 Å². The number of nitrogens with zero attached hydrogens (tertiary/aromatic N) is 1. The lowest BCUT2D eigenvalue weighted by Gasteiger charge is -2.28. The number of hydrogen-bond acceptors (Lipinski definition) is 1. The van der Waals surface area contributed by atoms with E-state index in [0.717, 1.165) is 11.5 Å². The van der Waals surface area contributed by atoms with Gasteiger partial charge in [0.1, 0.15) is 0 Å². The van der Waals surface area contributed by atoms with Gasteiger partial charge in [0.2, 0.25) is 6.71 Å². The number of benzene rings is 2. The average molecular weight is 330 g/mol. The Morgan fingerprint density at radius 2 is 1.40 bits per heavy atom. The number of nitrogens with one attached hydrogen (secondary N) is 1. The molecule has 1 fully saturated rings. The normalized spacial score (nSPS) is 14.4. The van der Waals surface area contributed by atoms with Gasteiger partial charge in [-0.2, -0.15) is 0 Å². The number of aromatic nitrogens is 2. The Labute approximate surface area is 151 Å². The quantitative estimate of drug-likeness (QED) is 0.711. The van der Waals surface area contributed by atoms with Crippen LogP contribution in [0, 0.1) is 6.92 Å². The Hall–Kier alpha value is -2.29. The fraction of sp³-hybridized carbons (Fsp3) is 0.318. The van der Waals surface area contributed by atoms with Crippen molar-refractivity contribution in [3.05, 3.63) is 78.9 Å². The summed E-state index contributed by atoms with van der Waals surface area (Å²) in [5, 5.41) is 0. The van der Waals surface area contributed by atoms with E-state index >= 15 is 0 Å². The summed E-state index contributed by atoms with van der Waals surface area (Å²) in [6, 6.07) is 22.1. The van der Waals surface area contributed by atoms with E-state index in [1.807, 2.05) is 6.92 Å². The molecule has 0 bridgehead atoms. The Kier molecular flexibility index (Phi) is 6.50. The molecular formula is C22H27BN2. The number of rotatable bonds is 3. The number of imidazole rings is 1. The van der Waals surface area contributed by atoms with E-state index in [0.29, 0.717) is 6.71 Å². The predicted molar refractivity (Wildman–Crippen MR) is 108 cm³/mol. The maximum atomic E-state index is 3.77. The smallest absolute Gasteiger partial charge is 0.212 e. The molecule has 1 N–H and O–H groups in total. The van der Waals surface area contributed by atoms with Crippen molar-refractivity contribution in [3.63, 3.8) is 0 Å². The van der Waals surface area contributed by atoms with E-state index in [9.17, 15) is 0 Å². The van der Waals surface area contributed by atoms with E-state index in [-0.39, 0.29) is 0 Å². The van der Waals surface area contributed by atoms with Gasteiger partial charge in [0, 0.05) is 11.9 Å². The fourth-order valence-corrected chi connectivity index (χ4v) is 3.85. The molecule has 3 aromatic rings. The lowest BCUT2D eigenvalue weighted by Crippen LogP contribution is -2.46. The van der Waals surface area contributed by atoms with Gasteiger partial charge in [0.25, 0.3) is 0 Å². The van der Waals surface area contributed by atoms with Crippen LogP contribution in [0.3, 0.4) is 0 Å². The number of aromatic amines is 1. The Morgan fingerprint density at radius 1 is 0.840 bits per heavy atom. The zero-order chi connectivity index (χ0) is 17.3. The monoisotopic (exact) mass is 330 g/mol. The van der Waals surface area contributed by atoms with Crippen molar-refractivity contribution in [2.45, 2.75) is 44.8 Å². The van der Waals surface area contributed by atoms with Gasteiger partial charge in [-0.1, -0.05) is 110 Å². The van der Waals surface area contributed by atoms with Crippen molar-refractivity contribution >= 4 is 17.6 Å². The van der Waals surface area contributed by atoms with E-state index in [4.69, 9.17) is 0 Å². The Morgan fingerprint density at radius 3 is 1.80 bits per heavy atom. The van der Waals surface area contributed by atoms with Crippen LogP contribution >= 0.6 is 0 Å². The first kappa shape index (κ1) is 17.5. The van der Waals surface area contributed by atoms with E-state index in [2.05, 4.69) is 70.6 Å². The summed E-state index contributed by atoms with van der Waals surface area (Å²) in [5.74, 6) is 0.818. The molecule has 4 rings (SSSR count). The summed E-state index contributed by atoms with van der Waals surface area (Å²) >= 11 is 0. The van der Waals surface area contributed by atoms with Gasteiger partial charge in [-0.25, -0.2) is 4.98 Å². The molecule has 0 spiro atoms. The van der Waals surface area contributed by atoms with Crippen LogP contribution in [0.1, 0.15) is 37.8 Å². The number of aryl methyl sites for hydroxylation is 1. The second-order valence-corrected chi connectivity index (χ2v) is 6.93. The van der Waals surface area contributed by atoms with Crippen molar-refractivity contribution in [2.24, 2.45) is 0 Å². The van der Waals surface area contributed by atoms with Gasteiger partial charge < -0.3 is 4.98 Å². The van der Waals surface area contributed by atoms with Gasteiger partial charge in [0.15, 0.2) is 0 Å². The third kappa shape index (κ3) is 5.09. The Bertz CT molecular complexity index is 665. The number of H-pyrrole nitrogens is 1. The molecule has 0 atom stereocenters. The SMILES string of the molecule is Cc1cnc[nH]1.c1ccc(B(c2ccccc2)C2CCCCC2)cc1. The minimum absolute atomic E-state index is 0.586. The van der Waals surface area contributed by atoms with Crippen LogP contribution in [0.15, 0.2) is 73.2 Å². The molecule has 0 unspecified atom stereocenters. The molecule has 0 radical (unpaired) electrons. The molecule has 1 aliphatic carbocycles. The topological polar surface area (TPSA) is 28.7 Å².